The highest BCUT2D eigenvalue weighted by Gasteiger charge is 2.21. The summed E-state index contributed by atoms with van der Waals surface area (Å²) in [5.74, 6) is 1.08. The van der Waals surface area contributed by atoms with E-state index in [1.807, 2.05) is 19.1 Å². The topological polar surface area (TPSA) is 52.5 Å². The molecule has 0 saturated heterocycles. The van der Waals surface area contributed by atoms with Crippen molar-refractivity contribution in [3.63, 3.8) is 0 Å². The summed E-state index contributed by atoms with van der Waals surface area (Å²) in [6.45, 7) is 4.75. The standard InChI is InChI=1S/C24H28N4O/c1-17-25-23-5-4-14-28(15-18-6-10-20(11-7-18)27(2)3)16-22(23)24(26-17)19-8-12-21(29)13-9-19/h6-13,29H,4-5,14-16H2,1-3H3. The van der Waals surface area contributed by atoms with Crippen LogP contribution in [0.15, 0.2) is 48.5 Å². The summed E-state index contributed by atoms with van der Waals surface area (Å²) < 4.78 is 0. The lowest BCUT2D eigenvalue weighted by molar-refractivity contribution is 0.261. The summed E-state index contributed by atoms with van der Waals surface area (Å²) in [5, 5.41) is 9.66. The molecule has 0 bridgehead atoms. The van der Waals surface area contributed by atoms with Crippen LogP contribution in [0.25, 0.3) is 11.3 Å². The van der Waals surface area contributed by atoms with Crippen LogP contribution < -0.4 is 4.90 Å². The third-order valence-electron chi connectivity index (χ3n) is 5.47. The number of hydrogen-bond donors (Lipinski definition) is 1. The fourth-order valence-corrected chi connectivity index (χ4v) is 3.95. The van der Waals surface area contributed by atoms with Crippen molar-refractivity contribution >= 4 is 5.69 Å². The molecule has 2 aromatic carbocycles. The van der Waals surface area contributed by atoms with Crippen LogP contribution in [0, 0.1) is 6.92 Å². The number of hydrogen-bond acceptors (Lipinski definition) is 5. The molecule has 3 aromatic rings. The van der Waals surface area contributed by atoms with Crippen molar-refractivity contribution < 1.29 is 5.11 Å². The summed E-state index contributed by atoms with van der Waals surface area (Å²) in [6, 6.07) is 16.1. The summed E-state index contributed by atoms with van der Waals surface area (Å²) >= 11 is 0. The zero-order valence-electron chi connectivity index (χ0n) is 17.4. The third-order valence-corrected chi connectivity index (χ3v) is 5.47. The third kappa shape index (κ3) is 4.40. The highest BCUT2D eigenvalue weighted by molar-refractivity contribution is 5.65. The van der Waals surface area contributed by atoms with Gasteiger partial charge in [-0.1, -0.05) is 12.1 Å². The zero-order valence-corrected chi connectivity index (χ0v) is 17.4. The Morgan fingerprint density at radius 2 is 1.72 bits per heavy atom. The van der Waals surface area contributed by atoms with Crippen molar-refractivity contribution in [2.75, 3.05) is 25.5 Å². The van der Waals surface area contributed by atoms with E-state index in [0.717, 1.165) is 55.3 Å². The molecule has 5 heteroatoms. The van der Waals surface area contributed by atoms with Crippen molar-refractivity contribution in [1.29, 1.82) is 0 Å². The van der Waals surface area contributed by atoms with Gasteiger partial charge in [0.15, 0.2) is 0 Å². The first-order valence-corrected chi connectivity index (χ1v) is 10.1. The molecule has 0 fully saturated rings. The minimum absolute atomic E-state index is 0.272. The van der Waals surface area contributed by atoms with Gasteiger partial charge in [0.2, 0.25) is 0 Å². The maximum Gasteiger partial charge on any atom is 0.126 e. The molecule has 5 nitrogen and oxygen atoms in total. The normalized spacial score (nSPS) is 14.3. The lowest BCUT2D eigenvalue weighted by Crippen LogP contribution is -2.23. The minimum atomic E-state index is 0.272. The van der Waals surface area contributed by atoms with Gasteiger partial charge in [0.1, 0.15) is 11.6 Å². The lowest BCUT2D eigenvalue weighted by Gasteiger charge is -2.22. The van der Waals surface area contributed by atoms with Gasteiger partial charge in [0.05, 0.1) is 5.69 Å². The molecule has 1 N–H and O–H groups in total. The Hall–Kier alpha value is -2.92. The number of phenols is 1. The molecule has 0 atom stereocenters. The second-order valence-electron chi connectivity index (χ2n) is 7.97. The number of aromatic hydroxyl groups is 1. The molecule has 0 radical (unpaired) electrons. The Balaban J connectivity index is 1.63. The van der Waals surface area contributed by atoms with Gasteiger partial charge in [-0.05, 0) is 68.3 Å². The quantitative estimate of drug-likeness (QED) is 0.727. The fraction of sp³-hybridized carbons (Fsp3) is 0.333. The number of rotatable bonds is 4. The lowest BCUT2D eigenvalue weighted by atomic mass is 10.0. The minimum Gasteiger partial charge on any atom is -0.508 e. The van der Waals surface area contributed by atoms with Crippen LogP contribution in [-0.4, -0.2) is 40.6 Å². The predicted octanol–water partition coefficient (Wildman–Crippen LogP) is 4.17. The molecule has 1 aromatic heterocycles. The van der Waals surface area contributed by atoms with Crippen LogP contribution in [0.4, 0.5) is 5.69 Å². The fourth-order valence-electron chi connectivity index (χ4n) is 3.95. The molecule has 0 saturated carbocycles. The van der Waals surface area contributed by atoms with Crippen molar-refractivity contribution in [1.82, 2.24) is 14.9 Å². The smallest absolute Gasteiger partial charge is 0.126 e. The maximum absolute atomic E-state index is 9.66. The van der Waals surface area contributed by atoms with E-state index in [9.17, 15) is 5.11 Å². The number of aryl methyl sites for hydroxylation is 2. The van der Waals surface area contributed by atoms with Gasteiger partial charge in [-0.15, -0.1) is 0 Å². The van der Waals surface area contributed by atoms with Gasteiger partial charge < -0.3 is 10.0 Å². The largest absolute Gasteiger partial charge is 0.508 e. The van der Waals surface area contributed by atoms with E-state index in [-0.39, 0.29) is 5.75 Å². The van der Waals surface area contributed by atoms with Gasteiger partial charge in [-0.25, -0.2) is 9.97 Å². The number of benzene rings is 2. The molecule has 0 spiro atoms. The number of fused-ring (bicyclic) bond motifs is 1. The summed E-state index contributed by atoms with van der Waals surface area (Å²) in [6.07, 6.45) is 2.06. The monoisotopic (exact) mass is 388 g/mol. The molecule has 1 aliphatic heterocycles. The first-order valence-electron chi connectivity index (χ1n) is 10.1. The number of phenolic OH excluding ortho intramolecular Hbond substituents is 1. The summed E-state index contributed by atoms with van der Waals surface area (Å²) in [5.41, 5.74) is 6.92. The second-order valence-corrected chi connectivity index (χ2v) is 7.97. The summed E-state index contributed by atoms with van der Waals surface area (Å²) in [4.78, 5) is 14.1. The molecule has 1 aliphatic rings. The molecule has 29 heavy (non-hydrogen) atoms. The Labute approximate surface area is 172 Å². The Morgan fingerprint density at radius 3 is 2.41 bits per heavy atom. The van der Waals surface area contributed by atoms with Crippen LogP contribution in [0.1, 0.15) is 29.1 Å². The van der Waals surface area contributed by atoms with Crippen molar-refractivity contribution in [3.8, 4) is 17.0 Å². The Kier molecular flexibility index (Phi) is 5.49. The highest BCUT2D eigenvalue weighted by atomic mass is 16.3. The van der Waals surface area contributed by atoms with Gasteiger partial charge >= 0.3 is 0 Å². The SMILES string of the molecule is Cc1nc2c(c(-c3ccc(O)cc3)n1)CN(Cc1ccc(N(C)C)cc1)CCC2. The molecule has 2 heterocycles. The average molecular weight is 389 g/mol. The number of aromatic nitrogens is 2. The number of anilines is 1. The zero-order chi connectivity index (χ0) is 20.4. The van der Waals surface area contributed by atoms with E-state index < -0.39 is 0 Å². The van der Waals surface area contributed by atoms with Gasteiger partial charge in [0.25, 0.3) is 0 Å². The average Bonchev–Trinajstić information content (AvgIpc) is 2.90. The van der Waals surface area contributed by atoms with Crippen molar-refractivity contribution in [2.45, 2.75) is 32.9 Å². The van der Waals surface area contributed by atoms with E-state index in [2.05, 4.69) is 48.2 Å². The number of nitrogens with zero attached hydrogens (tertiary/aromatic N) is 4. The van der Waals surface area contributed by atoms with E-state index >= 15 is 0 Å². The van der Waals surface area contributed by atoms with Gasteiger partial charge in [0, 0.05) is 49.7 Å². The van der Waals surface area contributed by atoms with Crippen LogP contribution in [0.5, 0.6) is 5.75 Å². The van der Waals surface area contributed by atoms with Gasteiger partial charge in [-0.2, -0.15) is 0 Å². The molecule has 0 unspecified atom stereocenters. The van der Waals surface area contributed by atoms with Crippen LogP contribution in [0.3, 0.4) is 0 Å². The predicted molar refractivity (Wildman–Crippen MR) is 117 cm³/mol. The van der Waals surface area contributed by atoms with Gasteiger partial charge in [-0.3, -0.25) is 4.90 Å². The van der Waals surface area contributed by atoms with E-state index in [4.69, 9.17) is 9.97 Å². The van der Waals surface area contributed by atoms with Crippen LogP contribution in [-0.2, 0) is 19.5 Å². The Bertz CT molecular complexity index is 981. The van der Waals surface area contributed by atoms with E-state index in [1.165, 1.54) is 16.8 Å². The Morgan fingerprint density at radius 1 is 1.00 bits per heavy atom. The summed E-state index contributed by atoms with van der Waals surface area (Å²) in [7, 11) is 4.13. The van der Waals surface area contributed by atoms with E-state index in [1.54, 1.807) is 12.1 Å². The molecule has 150 valence electrons. The first kappa shape index (κ1) is 19.4. The second kappa shape index (κ2) is 8.21. The molecule has 0 aliphatic carbocycles. The van der Waals surface area contributed by atoms with Crippen molar-refractivity contribution in [2.24, 2.45) is 0 Å². The van der Waals surface area contributed by atoms with E-state index in [0.29, 0.717) is 0 Å². The van der Waals surface area contributed by atoms with Crippen LogP contribution >= 0.6 is 0 Å². The van der Waals surface area contributed by atoms with Crippen LogP contribution in [0.2, 0.25) is 0 Å². The molecule has 4 rings (SSSR count). The molecular weight excluding hydrogens is 360 g/mol. The molecule has 0 amide bonds. The first-order chi connectivity index (χ1) is 14.0. The highest BCUT2D eigenvalue weighted by Crippen LogP contribution is 2.29. The molecular formula is C24H28N4O. The maximum atomic E-state index is 9.66. The van der Waals surface area contributed by atoms with Crippen molar-refractivity contribution in [3.05, 3.63) is 71.2 Å².